The number of rotatable bonds is 5. The molecule has 0 N–H and O–H groups in total. The van der Waals surface area contributed by atoms with Crippen LogP contribution in [0.3, 0.4) is 0 Å². The second kappa shape index (κ2) is 7.53. The maximum Gasteiger partial charge on any atom is 0.363 e. The van der Waals surface area contributed by atoms with Crippen molar-refractivity contribution in [2.45, 2.75) is 6.92 Å². The summed E-state index contributed by atoms with van der Waals surface area (Å²) < 4.78 is 16.6. The Morgan fingerprint density at radius 1 is 1.16 bits per heavy atom. The molecule has 0 unspecified atom stereocenters. The number of ether oxygens (including phenoxy) is 3. The quantitative estimate of drug-likeness (QED) is 0.556. The number of carbonyl (C=O) groups is 1. The van der Waals surface area contributed by atoms with Gasteiger partial charge in [0.25, 0.3) is 0 Å². The van der Waals surface area contributed by atoms with Gasteiger partial charge in [-0.05, 0) is 64.8 Å². The zero-order valence-corrected chi connectivity index (χ0v) is 15.4. The van der Waals surface area contributed by atoms with Crippen LogP contribution in [-0.2, 0) is 9.53 Å². The molecule has 6 heteroatoms. The molecule has 128 valence electrons. The van der Waals surface area contributed by atoms with Crippen LogP contribution in [0.1, 0.15) is 18.1 Å². The van der Waals surface area contributed by atoms with E-state index in [1.165, 1.54) is 0 Å². The summed E-state index contributed by atoms with van der Waals surface area (Å²) in [5.41, 5.74) is 1.78. The molecule has 0 aliphatic carbocycles. The Kier molecular flexibility index (Phi) is 5.19. The Morgan fingerprint density at radius 3 is 2.52 bits per heavy atom. The second-order valence-electron chi connectivity index (χ2n) is 5.18. The van der Waals surface area contributed by atoms with Crippen molar-refractivity contribution in [1.29, 1.82) is 0 Å². The zero-order valence-electron chi connectivity index (χ0n) is 13.8. The Bertz CT molecular complexity index is 856. The van der Waals surface area contributed by atoms with Gasteiger partial charge in [0.1, 0.15) is 11.5 Å². The van der Waals surface area contributed by atoms with Crippen molar-refractivity contribution in [3.8, 4) is 11.5 Å². The summed E-state index contributed by atoms with van der Waals surface area (Å²) in [4.78, 5) is 16.4. The Morgan fingerprint density at radius 2 is 1.88 bits per heavy atom. The summed E-state index contributed by atoms with van der Waals surface area (Å²) in [5, 5.41) is 0. The maximum atomic E-state index is 12.1. The third-order valence-corrected chi connectivity index (χ3v) is 4.18. The molecular weight excluding hydrogens is 386 g/mol. The minimum Gasteiger partial charge on any atom is -0.497 e. The number of benzene rings is 2. The molecule has 0 radical (unpaired) electrons. The Balaban J connectivity index is 1.87. The lowest BCUT2D eigenvalue weighted by molar-refractivity contribution is -0.129. The molecule has 0 aromatic heterocycles. The number of hydrogen-bond acceptors (Lipinski definition) is 5. The van der Waals surface area contributed by atoms with Crippen LogP contribution in [-0.4, -0.2) is 25.6 Å². The first kappa shape index (κ1) is 17.2. The average molecular weight is 402 g/mol. The van der Waals surface area contributed by atoms with Gasteiger partial charge in [-0.3, -0.25) is 0 Å². The van der Waals surface area contributed by atoms with Gasteiger partial charge in [0.2, 0.25) is 5.90 Å². The van der Waals surface area contributed by atoms with Crippen molar-refractivity contribution >= 4 is 33.9 Å². The van der Waals surface area contributed by atoms with Gasteiger partial charge in [-0.2, -0.15) is 0 Å². The van der Waals surface area contributed by atoms with Crippen molar-refractivity contribution in [2.24, 2.45) is 4.99 Å². The molecule has 0 fully saturated rings. The van der Waals surface area contributed by atoms with Gasteiger partial charge in [0.15, 0.2) is 5.70 Å². The van der Waals surface area contributed by atoms with Crippen molar-refractivity contribution in [3.05, 3.63) is 63.8 Å². The van der Waals surface area contributed by atoms with Crippen molar-refractivity contribution < 1.29 is 19.0 Å². The summed E-state index contributed by atoms with van der Waals surface area (Å²) in [6.07, 6.45) is 1.68. The van der Waals surface area contributed by atoms with Crippen LogP contribution in [0.25, 0.3) is 6.08 Å². The number of cyclic esters (lactones) is 1. The van der Waals surface area contributed by atoms with Gasteiger partial charge in [-0.25, -0.2) is 9.79 Å². The summed E-state index contributed by atoms with van der Waals surface area (Å²) >= 11 is 3.44. The number of methoxy groups -OCH3 is 1. The molecule has 0 atom stereocenters. The van der Waals surface area contributed by atoms with E-state index in [2.05, 4.69) is 20.9 Å². The third kappa shape index (κ3) is 3.91. The molecule has 1 aliphatic heterocycles. The predicted octanol–water partition coefficient (Wildman–Crippen LogP) is 4.20. The van der Waals surface area contributed by atoms with E-state index in [1.54, 1.807) is 31.4 Å². The van der Waals surface area contributed by atoms with Gasteiger partial charge in [0.05, 0.1) is 19.3 Å². The van der Waals surface area contributed by atoms with E-state index in [0.29, 0.717) is 17.9 Å². The predicted molar refractivity (Wildman–Crippen MR) is 98.9 cm³/mol. The van der Waals surface area contributed by atoms with Gasteiger partial charge in [0, 0.05) is 4.47 Å². The second-order valence-corrected chi connectivity index (χ2v) is 6.04. The molecule has 5 nitrogen and oxygen atoms in total. The van der Waals surface area contributed by atoms with Gasteiger partial charge < -0.3 is 14.2 Å². The molecule has 25 heavy (non-hydrogen) atoms. The highest BCUT2D eigenvalue weighted by Gasteiger charge is 2.25. The van der Waals surface area contributed by atoms with E-state index < -0.39 is 5.97 Å². The summed E-state index contributed by atoms with van der Waals surface area (Å²) in [7, 11) is 1.59. The molecule has 1 heterocycles. The van der Waals surface area contributed by atoms with Crippen LogP contribution >= 0.6 is 15.9 Å². The number of carbonyl (C=O) groups excluding carboxylic acids is 1. The number of esters is 1. The molecule has 0 saturated carbocycles. The lowest BCUT2D eigenvalue weighted by Gasteiger charge is -2.05. The van der Waals surface area contributed by atoms with Gasteiger partial charge in [-0.15, -0.1) is 0 Å². The fourth-order valence-electron chi connectivity index (χ4n) is 2.31. The van der Waals surface area contributed by atoms with E-state index in [9.17, 15) is 4.79 Å². The normalized spacial score (nSPS) is 15.1. The molecule has 3 rings (SSSR count). The van der Waals surface area contributed by atoms with E-state index in [0.717, 1.165) is 15.8 Å². The monoisotopic (exact) mass is 401 g/mol. The highest BCUT2D eigenvalue weighted by atomic mass is 79.9. The SMILES string of the molecule is CCOc1ccc(C=C2N=C(c3ccc(OC)cc3Br)OC2=O)cc1. The first-order valence-corrected chi connectivity index (χ1v) is 8.49. The standard InChI is InChI=1S/C19H16BrNO4/c1-3-24-13-6-4-12(5-7-13)10-17-19(22)25-18(21-17)15-9-8-14(23-2)11-16(15)20/h4-11H,3H2,1-2H3. The van der Waals surface area contributed by atoms with Crippen LogP contribution < -0.4 is 9.47 Å². The zero-order chi connectivity index (χ0) is 17.8. The van der Waals surface area contributed by atoms with Gasteiger partial charge in [-0.1, -0.05) is 12.1 Å². The third-order valence-electron chi connectivity index (χ3n) is 3.52. The van der Waals surface area contributed by atoms with Crippen LogP contribution in [0, 0.1) is 0 Å². The highest BCUT2D eigenvalue weighted by molar-refractivity contribution is 9.10. The van der Waals surface area contributed by atoms with Crippen molar-refractivity contribution in [2.75, 3.05) is 13.7 Å². The summed E-state index contributed by atoms with van der Waals surface area (Å²) in [6, 6.07) is 12.8. The lowest BCUT2D eigenvalue weighted by atomic mass is 10.2. The minimum absolute atomic E-state index is 0.252. The summed E-state index contributed by atoms with van der Waals surface area (Å²) in [6.45, 7) is 2.54. The largest absolute Gasteiger partial charge is 0.497 e. The fraction of sp³-hybridized carbons (Fsp3) is 0.158. The molecule has 0 spiro atoms. The van der Waals surface area contributed by atoms with Crippen LogP contribution in [0.15, 0.2) is 57.6 Å². The van der Waals surface area contributed by atoms with Crippen molar-refractivity contribution in [3.63, 3.8) is 0 Å². The topological polar surface area (TPSA) is 57.1 Å². The fourth-order valence-corrected chi connectivity index (χ4v) is 2.83. The van der Waals surface area contributed by atoms with Crippen LogP contribution in [0.5, 0.6) is 11.5 Å². The van der Waals surface area contributed by atoms with Crippen LogP contribution in [0.4, 0.5) is 0 Å². The minimum atomic E-state index is -0.480. The molecule has 0 saturated heterocycles. The number of halogens is 1. The molecule has 0 amide bonds. The van der Waals surface area contributed by atoms with E-state index >= 15 is 0 Å². The van der Waals surface area contributed by atoms with E-state index in [-0.39, 0.29) is 11.6 Å². The number of aliphatic imine (C=N–C) groups is 1. The first-order chi connectivity index (χ1) is 12.1. The van der Waals surface area contributed by atoms with E-state index in [4.69, 9.17) is 14.2 Å². The maximum absolute atomic E-state index is 12.1. The first-order valence-electron chi connectivity index (χ1n) is 7.70. The number of nitrogens with zero attached hydrogens (tertiary/aromatic N) is 1. The Labute approximate surface area is 154 Å². The molecule has 2 aromatic rings. The molecular formula is C19H16BrNO4. The average Bonchev–Trinajstić information content (AvgIpc) is 2.97. The van der Waals surface area contributed by atoms with Crippen LogP contribution in [0.2, 0.25) is 0 Å². The number of hydrogen-bond donors (Lipinski definition) is 0. The van der Waals surface area contributed by atoms with E-state index in [1.807, 2.05) is 31.2 Å². The summed E-state index contributed by atoms with van der Waals surface area (Å²) in [5.74, 6) is 1.26. The molecule has 1 aliphatic rings. The lowest BCUT2D eigenvalue weighted by Crippen LogP contribution is -2.06. The smallest absolute Gasteiger partial charge is 0.363 e. The Hall–Kier alpha value is -2.60. The molecule has 0 bridgehead atoms. The highest BCUT2D eigenvalue weighted by Crippen LogP contribution is 2.27. The molecule has 2 aromatic carbocycles. The van der Waals surface area contributed by atoms with Crippen molar-refractivity contribution in [1.82, 2.24) is 0 Å². The van der Waals surface area contributed by atoms with Gasteiger partial charge >= 0.3 is 5.97 Å².